The maximum atomic E-state index is 13.9. The molecule has 0 spiro atoms. The van der Waals surface area contributed by atoms with Gasteiger partial charge in [-0.15, -0.1) is 0 Å². The Labute approximate surface area is 191 Å². The molecule has 0 radical (unpaired) electrons. The van der Waals surface area contributed by atoms with Crippen molar-refractivity contribution in [3.63, 3.8) is 0 Å². The minimum absolute atomic E-state index is 0.116. The molecule has 4 nitrogen and oxygen atoms in total. The van der Waals surface area contributed by atoms with Crippen LogP contribution in [0.4, 0.5) is 4.39 Å². The monoisotopic (exact) mass is 439 g/mol. The van der Waals surface area contributed by atoms with Gasteiger partial charge >= 0.3 is 0 Å². The fourth-order valence-corrected chi connectivity index (χ4v) is 3.65. The van der Waals surface area contributed by atoms with E-state index in [2.05, 4.69) is 4.98 Å². The second kappa shape index (κ2) is 10.0. The van der Waals surface area contributed by atoms with Gasteiger partial charge in [-0.3, -0.25) is 14.6 Å². The largest absolute Gasteiger partial charge is 0.496 e. The van der Waals surface area contributed by atoms with E-state index in [0.717, 1.165) is 22.9 Å². The molecule has 0 bridgehead atoms. The fourth-order valence-electron chi connectivity index (χ4n) is 3.65. The summed E-state index contributed by atoms with van der Waals surface area (Å²) in [5.41, 5.74) is 3.96. The molecule has 4 aromatic rings. The van der Waals surface area contributed by atoms with Crippen molar-refractivity contribution < 1.29 is 18.7 Å². The smallest absolute Gasteiger partial charge is 0.171 e. The first kappa shape index (κ1) is 22.1. The van der Waals surface area contributed by atoms with Crippen LogP contribution in [0.1, 0.15) is 31.8 Å². The number of ether oxygens (including phenoxy) is 1. The minimum Gasteiger partial charge on any atom is -0.496 e. The number of carbonyl (C=O) groups is 2. The molecule has 0 unspecified atom stereocenters. The molecule has 164 valence electrons. The Morgan fingerprint density at radius 2 is 1.58 bits per heavy atom. The predicted octanol–water partition coefficient (Wildman–Crippen LogP) is 5.75. The highest BCUT2D eigenvalue weighted by Gasteiger charge is 2.18. The number of rotatable bonds is 8. The Hall–Kier alpha value is -4.12. The number of aromatic nitrogens is 1. The molecule has 0 N–H and O–H groups in total. The molecular weight excluding hydrogens is 417 g/mol. The number of nitrogens with zero attached hydrogens (tertiary/aromatic N) is 1. The van der Waals surface area contributed by atoms with Gasteiger partial charge in [-0.2, -0.15) is 0 Å². The number of Topliss-reactive ketones (excluding diaryl/α,β-unsaturated/α-hetero) is 2. The first-order valence-electron chi connectivity index (χ1n) is 10.5. The standard InChI is InChI=1S/C28H22FNO3/c1-33-28-12-11-23(16-24(28)27(32)17-22-13-14-30-18-25(22)29)26(31)15-19-7-9-21(10-8-19)20-5-3-2-4-6-20/h2-14,16,18H,15,17H2,1H3. The molecule has 4 rings (SSSR count). The van der Waals surface area contributed by atoms with Crippen LogP contribution in [0.2, 0.25) is 0 Å². The van der Waals surface area contributed by atoms with Crippen LogP contribution in [-0.4, -0.2) is 23.7 Å². The van der Waals surface area contributed by atoms with E-state index in [9.17, 15) is 14.0 Å². The van der Waals surface area contributed by atoms with E-state index in [1.807, 2.05) is 54.6 Å². The Balaban J connectivity index is 1.52. The normalized spacial score (nSPS) is 10.6. The lowest BCUT2D eigenvalue weighted by molar-refractivity contribution is 0.0988. The summed E-state index contributed by atoms with van der Waals surface area (Å²) < 4.78 is 19.2. The molecule has 0 aliphatic heterocycles. The Kier molecular flexibility index (Phi) is 6.69. The minimum atomic E-state index is -0.545. The zero-order chi connectivity index (χ0) is 23.2. The summed E-state index contributed by atoms with van der Waals surface area (Å²) in [6.07, 6.45) is 2.56. The maximum absolute atomic E-state index is 13.9. The molecule has 5 heteroatoms. The molecule has 0 saturated heterocycles. The highest BCUT2D eigenvalue weighted by atomic mass is 19.1. The van der Waals surface area contributed by atoms with E-state index in [0.29, 0.717) is 11.3 Å². The number of hydrogen-bond donors (Lipinski definition) is 0. The summed E-state index contributed by atoms with van der Waals surface area (Å²) in [6, 6.07) is 24.1. The van der Waals surface area contributed by atoms with Crippen LogP contribution in [0.5, 0.6) is 5.75 Å². The molecule has 0 aliphatic carbocycles. The quantitative estimate of drug-likeness (QED) is 0.328. The third-order valence-corrected chi connectivity index (χ3v) is 5.46. The molecule has 0 aliphatic rings. The van der Waals surface area contributed by atoms with Gasteiger partial charge in [-0.1, -0.05) is 54.6 Å². The second-order valence-corrected chi connectivity index (χ2v) is 7.65. The van der Waals surface area contributed by atoms with Crippen LogP contribution in [0.25, 0.3) is 11.1 Å². The van der Waals surface area contributed by atoms with Crippen molar-refractivity contribution in [2.75, 3.05) is 7.11 Å². The van der Waals surface area contributed by atoms with Crippen molar-refractivity contribution in [2.24, 2.45) is 0 Å². The van der Waals surface area contributed by atoms with Gasteiger partial charge in [0, 0.05) is 24.6 Å². The maximum Gasteiger partial charge on any atom is 0.171 e. The lowest BCUT2D eigenvalue weighted by atomic mass is 9.96. The Bertz CT molecular complexity index is 1280. The lowest BCUT2D eigenvalue weighted by Gasteiger charge is -2.11. The van der Waals surface area contributed by atoms with Crippen molar-refractivity contribution in [1.29, 1.82) is 0 Å². The number of benzene rings is 3. The summed E-state index contributed by atoms with van der Waals surface area (Å²) in [7, 11) is 1.45. The topological polar surface area (TPSA) is 56.3 Å². The van der Waals surface area contributed by atoms with Gasteiger partial charge in [0.1, 0.15) is 11.6 Å². The van der Waals surface area contributed by atoms with E-state index in [-0.39, 0.29) is 35.5 Å². The van der Waals surface area contributed by atoms with Crippen molar-refractivity contribution in [3.05, 3.63) is 119 Å². The van der Waals surface area contributed by atoms with Gasteiger partial charge in [0.2, 0.25) is 0 Å². The highest BCUT2D eigenvalue weighted by Crippen LogP contribution is 2.24. The fraction of sp³-hybridized carbons (Fsp3) is 0.107. The molecule has 0 atom stereocenters. The van der Waals surface area contributed by atoms with Crippen molar-refractivity contribution in [2.45, 2.75) is 12.8 Å². The van der Waals surface area contributed by atoms with Crippen molar-refractivity contribution in [3.8, 4) is 16.9 Å². The van der Waals surface area contributed by atoms with Gasteiger partial charge < -0.3 is 4.74 Å². The molecule has 1 heterocycles. The van der Waals surface area contributed by atoms with Crippen LogP contribution in [0, 0.1) is 5.82 Å². The Morgan fingerprint density at radius 1 is 0.848 bits per heavy atom. The van der Waals surface area contributed by atoms with Crippen LogP contribution in [-0.2, 0) is 12.8 Å². The summed E-state index contributed by atoms with van der Waals surface area (Å²) in [5.74, 6) is -0.651. The highest BCUT2D eigenvalue weighted by molar-refractivity contribution is 6.04. The summed E-state index contributed by atoms with van der Waals surface area (Å²) in [4.78, 5) is 29.5. The summed E-state index contributed by atoms with van der Waals surface area (Å²) in [5, 5.41) is 0. The molecule has 3 aromatic carbocycles. The average molecular weight is 439 g/mol. The van der Waals surface area contributed by atoms with E-state index < -0.39 is 5.82 Å². The Morgan fingerprint density at radius 3 is 2.27 bits per heavy atom. The van der Waals surface area contributed by atoms with E-state index in [1.165, 1.54) is 25.4 Å². The van der Waals surface area contributed by atoms with Gasteiger partial charge in [-0.25, -0.2) is 4.39 Å². The number of methoxy groups -OCH3 is 1. The van der Waals surface area contributed by atoms with Crippen LogP contribution in [0.3, 0.4) is 0 Å². The molecule has 0 fully saturated rings. The van der Waals surface area contributed by atoms with Gasteiger partial charge in [0.25, 0.3) is 0 Å². The number of carbonyl (C=O) groups excluding carboxylic acids is 2. The second-order valence-electron chi connectivity index (χ2n) is 7.65. The SMILES string of the molecule is COc1ccc(C(=O)Cc2ccc(-c3ccccc3)cc2)cc1C(=O)Cc1ccncc1F. The average Bonchev–Trinajstić information content (AvgIpc) is 2.86. The zero-order valence-corrected chi connectivity index (χ0v) is 18.1. The number of halogens is 1. The number of ketones is 2. The van der Waals surface area contributed by atoms with E-state index in [4.69, 9.17) is 4.74 Å². The van der Waals surface area contributed by atoms with Gasteiger partial charge in [0.15, 0.2) is 11.6 Å². The molecule has 33 heavy (non-hydrogen) atoms. The third-order valence-electron chi connectivity index (χ3n) is 5.46. The first-order chi connectivity index (χ1) is 16.0. The summed E-state index contributed by atoms with van der Waals surface area (Å²) in [6.45, 7) is 0. The van der Waals surface area contributed by atoms with E-state index >= 15 is 0 Å². The van der Waals surface area contributed by atoms with Crippen LogP contribution < -0.4 is 4.74 Å². The molecule has 0 saturated carbocycles. The van der Waals surface area contributed by atoms with Crippen molar-refractivity contribution in [1.82, 2.24) is 4.98 Å². The van der Waals surface area contributed by atoms with Gasteiger partial charge in [-0.05, 0) is 46.5 Å². The predicted molar refractivity (Wildman–Crippen MR) is 125 cm³/mol. The van der Waals surface area contributed by atoms with Crippen LogP contribution in [0.15, 0.2) is 91.3 Å². The third kappa shape index (κ3) is 5.21. The first-order valence-corrected chi connectivity index (χ1v) is 10.5. The van der Waals surface area contributed by atoms with Gasteiger partial charge in [0.05, 0.1) is 18.9 Å². The van der Waals surface area contributed by atoms with Crippen molar-refractivity contribution >= 4 is 11.6 Å². The molecular formula is C28H22FNO3. The molecule has 1 aromatic heterocycles. The van der Waals surface area contributed by atoms with Crippen LogP contribution >= 0.6 is 0 Å². The number of pyridine rings is 1. The summed E-state index contributed by atoms with van der Waals surface area (Å²) >= 11 is 0. The lowest BCUT2D eigenvalue weighted by Crippen LogP contribution is -2.10. The number of hydrogen-bond acceptors (Lipinski definition) is 4. The molecule has 0 amide bonds. The zero-order valence-electron chi connectivity index (χ0n) is 18.1. The van der Waals surface area contributed by atoms with E-state index in [1.54, 1.807) is 12.1 Å².